The van der Waals surface area contributed by atoms with Gasteiger partial charge < -0.3 is 14.8 Å². The zero-order chi connectivity index (χ0) is 23.3. The predicted molar refractivity (Wildman–Crippen MR) is 121 cm³/mol. The maximum absolute atomic E-state index is 14.6. The van der Waals surface area contributed by atoms with Crippen LogP contribution in [0.5, 0.6) is 11.5 Å². The fraction of sp³-hybridized carbons (Fsp3) is 0.227. The second-order valence-electron chi connectivity index (χ2n) is 7.08. The fourth-order valence-electron chi connectivity index (χ4n) is 3.10. The van der Waals surface area contributed by atoms with Crippen LogP contribution in [-0.4, -0.2) is 34.7 Å². The molecule has 8 nitrogen and oxygen atoms in total. The summed E-state index contributed by atoms with van der Waals surface area (Å²) >= 11 is 0. The lowest BCUT2D eigenvalue weighted by Crippen LogP contribution is -2.04. The number of nitriles is 1. The van der Waals surface area contributed by atoms with Gasteiger partial charge in [-0.3, -0.25) is 0 Å². The number of aromatic nitrogens is 2. The molecular weight excluding hydrogens is 433 g/mol. The summed E-state index contributed by atoms with van der Waals surface area (Å²) in [4.78, 5) is 8.35. The van der Waals surface area contributed by atoms with Gasteiger partial charge in [-0.2, -0.15) is 5.26 Å². The van der Waals surface area contributed by atoms with Crippen molar-refractivity contribution < 1.29 is 18.1 Å². The van der Waals surface area contributed by atoms with E-state index in [0.717, 1.165) is 11.8 Å². The highest BCUT2D eigenvalue weighted by atomic mass is 32.2. The van der Waals surface area contributed by atoms with Crippen LogP contribution in [-0.2, 0) is 15.5 Å². The maximum atomic E-state index is 14.6. The standard InChI is InChI=1S/C22H22FN5O3S/c1-14-5-6-18(20(7-14)31-3)21-19(23)11-25-22(28-21)27-16-8-15(9-17(10-16)30-2)12-32(4,29)26-13-24/h5-11H,12H2,1-4H3,(H,25,27,28). The molecule has 0 fully saturated rings. The monoisotopic (exact) mass is 455 g/mol. The zero-order valence-electron chi connectivity index (χ0n) is 18.0. The molecule has 1 heterocycles. The highest BCUT2D eigenvalue weighted by Gasteiger charge is 2.15. The molecule has 0 aliphatic heterocycles. The van der Waals surface area contributed by atoms with Crippen molar-refractivity contribution in [2.24, 2.45) is 4.36 Å². The summed E-state index contributed by atoms with van der Waals surface area (Å²) in [5, 5.41) is 11.8. The highest BCUT2D eigenvalue weighted by molar-refractivity contribution is 7.92. The van der Waals surface area contributed by atoms with E-state index in [4.69, 9.17) is 14.7 Å². The summed E-state index contributed by atoms with van der Waals surface area (Å²) in [6.07, 6.45) is 4.08. The summed E-state index contributed by atoms with van der Waals surface area (Å²) in [6.45, 7) is 1.91. The van der Waals surface area contributed by atoms with Gasteiger partial charge >= 0.3 is 0 Å². The number of methoxy groups -OCH3 is 2. The SMILES string of the molecule is COc1cc(CS(C)(=O)=NC#N)cc(Nc2ncc(F)c(-c3ccc(C)cc3OC)n2)c1. The van der Waals surface area contributed by atoms with Crippen LogP contribution < -0.4 is 14.8 Å². The van der Waals surface area contributed by atoms with Gasteiger partial charge in [0.15, 0.2) is 5.82 Å². The molecule has 1 N–H and O–H groups in total. The largest absolute Gasteiger partial charge is 0.497 e. The summed E-state index contributed by atoms with van der Waals surface area (Å²) in [7, 11) is 0.291. The minimum Gasteiger partial charge on any atom is -0.497 e. The first-order valence-electron chi connectivity index (χ1n) is 9.45. The van der Waals surface area contributed by atoms with Crippen LogP contribution in [0.15, 0.2) is 47.0 Å². The van der Waals surface area contributed by atoms with Crippen molar-refractivity contribution in [1.82, 2.24) is 9.97 Å². The van der Waals surface area contributed by atoms with Crippen LogP contribution >= 0.6 is 0 Å². The second-order valence-corrected chi connectivity index (χ2v) is 9.47. The van der Waals surface area contributed by atoms with Crippen molar-refractivity contribution in [3.63, 3.8) is 0 Å². The van der Waals surface area contributed by atoms with Crippen molar-refractivity contribution in [2.75, 3.05) is 25.8 Å². The Bertz CT molecular complexity index is 1310. The third-order valence-corrected chi connectivity index (χ3v) is 5.82. The number of halogens is 1. The van der Waals surface area contributed by atoms with Crippen LogP contribution in [0.2, 0.25) is 0 Å². The normalized spacial score (nSPS) is 12.4. The first-order chi connectivity index (χ1) is 15.2. The maximum Gasteiger partial charge on any atom is 0.227 e. The van der Waals surface area contributed by atoms with Gasteiger partial charge in [-0.15, -0.1) is 4.36 Å². The van der Waals surface area contributed by atoms with Crippen LogP contribution in [0.4, 0.5) is 16.0 Å². The molecule has 0 amide bonds. The first-order valence-corrected chi connectivity index (χ1v) is 11.5. The van der Waals surface area contributed by atoms with E-state index in [1.54, 1.807) is 36.5 Å². The Labute approximate surface area is 186 Å². The van der Waals surface area contributed by atoms with E-state index in [9.17, 15) is 8.60 Å². The van der Waals surface area contributed by atoms with Gasteiger partial charge in [0.2, 0.25) is 12.1 Å². The van der Waals surface area contributed by atoms with Crippen LogP contribution in [0.1, 0.15) is 11.1 Å². The number of nitrogens with zero attached hydrogens (tertiary/aromatic N) is 4. The number of hydrogen-bond donors (Lipinski definition) is 1. The quantitative estimate of drug-likeness (QED) is 0.525. The molecular formula is C22H22FN5O3S. The molecule has 3 rings (SSSR count). The molecule has 2 aromatic carbocycles. The smallest absolute Gasteiger partial charge is 0.227 e. The Kier molecular flexibility index (Phi) is 6.90. The summed E-state index contributed by atoms with van der Waals surface area (Å²) in [5.74, 6) is 0.619. The Morgan fingerprint density at radius 1 is 1.22 bits per heavy atom. The molecule has 3 aromatic rings. The van der Waals surface area contributed by atoms with Gasteiger partial charge in [0.1, 0.15) is 17.2 Å². The number of rotatable bonds is 7. The van der Waals surface area contributed by atoms with Crippen molar-refractivity contribution in [2.45, 2.75) is 12.7 Å². The van der Waals surface area contributed by atoms with E-state index in [0.29, 0.717) is 28.3 Å². The number of ether oxygens (including phenoxy) is 2. The van der Waals surface area contributed by atoms with Gasteiger partial charge in [-0.25, -0.2) is 18.6 Å². The molecule has 1 atom stereocenters. The Morgan fingerprint density at radius 3 is 2.69 bits per heavy atom. The Balaban J connectivity index is 1.99. The number of aryl methyl sites for hydroxylation is 1. The van der Waals surface area contributed by atoms with E-state index in [1.165, 1.54) is 20.5 Å². The van der Waals surface area contributed by atoms with Crippen molar-refractivity contribution >= 4 is 21.4 Å². The number of benzene rings is 2. The van der Waals surface area contributed by atoms with Crippen molar-refractivity contribution in [3.8, 4) is 28.9 Å². The van der Waals surface area contributed by atoms with Crippen LogP contribution in [0.3, 0.4) is 0 Å². The van der Waals surface area contributed by atoms with Gasteiger partial charge in [-0.05, 0) is 42.3 Å². The van der Waals surface area contributed by atoms with Crippen molar-refractivity contribution in [1.29, 1.82) is 5.26 Å². The molecule has 0 aliphatic rings. The average Bonchev–Trinajstić information content (AvgIpc) is 2.74. The molecule has 0 saturated heterocycles. The van der Waals surface area contributed by atoms with E-state index < -0.39 is 15.5 Å². The summed E-state index contributed by atoms with van der Waals surface area (Å²) in [5.41, 5.74) is 2.74. The lowest BCUT2D eigenvalue weighted by Gasteiger charge is -2.13. The van der Waals surface area contributed by atoms with Gasteiger partial charge in [0, 0.05) is 23.6 Å². The lowest BCUT2D eigenvalue weighted by molar-refractivity contribution is 0.414. The van der Waals surface area contributed by atoms with E-state index in [-0.39, 0.29) is 17.4 Å². The van der Waals surface area contributed by atoms with E-state index in [2.05, 4.69) is 19.6 Å². The zero-order valence-corrected chi connectivity index (χ0v) is 18.9. The highest BCUT2D eigenvalue weighted by Crippen LogP contribution is 2.32. The van der Waals surface area contributed by atoms with E-state index >= 15 is 0 Å². The minimum absolute atomic E-state index is 0.0581. The van der Waals surface area contributed by atoms with Crippen LogP contribution in [0.25, 0.3) is 11.3 Å². The van der Waals surface area contributed by atoms with Gasteiger partial charge in [0.25, 0.3) is 0 Å². The van der Waals surface area contributed by atoms with Gasteiger partial charge in [-0.1, -0.05) is 6.07 Å². The van der Waals surface area contributed by atoms with Crippen molar-refractivity contribution in [3.05, 3.63) is 59.5 Å². The number of anilines is 2. The number of nitrogens with one attached hydrogen (secondary N) is 1. The molecule has 0 aliphatic carbocycles. The topological polar surface area (TPSA) is 109 Å². The average molecular weight is 456 g/mol. The third-order valence-electron chi connectivity index (χ3n) is 4.48. The lowest BCUT2D eigenvalue weighted by atomic mass is 10.1. The molecule has 1 unspecified atom stereocenters. The summed E-state index contributed by atoms with van der Waals surface area (Å²) < 4.78 is 41.2. The van der Waals surface area contributed by atoms with E-state index in [1.807, 2.05) is 13.0 Å². The third kappa shape index (κ3) is 5.50. The molecule has 32 heavy (non-hydrogen) atoms. The molecule has 10 heteroatoms. The van der Waals surface area contributed by atoms with Crippen LogP contribution in [0, 0.1) is 24.2 Å². The second kappa shape index (κ2) is 9.62. The molecule has 166 valence electrons. The molecule has 1 aromatic heterocycles. The number of hydrogen-bond acceptors (Lipinski definition) is 8. The summed E-state index contributed by atoms with van der Waals surface area (Å²) in [6, 6.07) is 10.5. The molecule has 0 spiro atoms. The molecule has 0 saturated carbocycles. The first kappa shape index (κ1) is 23.0. The Hall–Kier alpha value is -3.71. The fourth-order valence-corrected chi connectivity index (χ4v) is 4.12. The minimum atomic E-state index is -2.72. The van der Waals surface area contributed by atoms with Gasteiger partial charge in [0.05, 0.1) is 35.9 Å². The molecule has 0 radical (unpaired) electrons. The predicted octanol–water partition coefficient (Wildman–Crippen LogP) is 4.43. The Morgan fingerprint density at radius 2 is 2.00 bits per heavy atom. The molecule has 0 bridgehead atoms.